The molecule has 0 bridgehead atoms. The Morgan fingerprint density at radius 1 is 1.24 bits per heavy atom. The van der Waals surface area contributed by atoms with Gasteiger partial charge in [0.2, 0.25) is 10.0 Å². The summed E-state index contributed by atoms with van der Waals surface area (Å²) in [4.78, 5) is 4.16. The molecule has 21 heavy (non-hydrogen) atoms. The third-order valence-electron chi connectivity index (χ3n) is 4.17. The molecule has 1 aromatic heterocycles. The Balaban J connectivity index is 2.22. The Kier molecular flexibility index (Phi) is 5.11. The molecule has 1 N–H and O–H groups in total. The molecule has 118 valence electrons. The topological polar surface area (TPSA) is 59.1 Å². The molecule has 4 nitrogen and oxygen atoms in total. The maximum atomic E-state index is 12.6. The van der Waals surface area contributed by atoms with E-state index in [1.165, 1.54) is 12.6 Å². The van der Waals surface area contributed by atoms with Crippen molar-refractivity contribution < 1.29 is 8.42 Å². The van der Waals surface area contributed by atoms with Crippen molar-refractivity contribution in [2.24, 2.45) is 11.3 Å². The summed E-state index contributed by atoms with van der Waals surface area (Å²) in [5, 5.41) is 0. The van der Waals surface area contributed by atoms with Gasteiger partial charge in [-0.25, -0.2) is 13.1 Å². The van der Waals surface area contributed by atoms with Crippen molar-refractivity contribution >= 4 is 26.0 Å². The van der Waals surface area contributed by atoms with Crippen LogP contribution in [-0.2, 0) is 10.0 Å². The van der Waals surface area contributed by atoms with Crippen LogP contribution >= 0.6 is 15.9 Å². The number of aromatic nitrogens is 1. The highest BCUT2D eigenvalue weighted by Gasteiger charge is 2.36. The van der Waals surface area contributed by atoms with Gasteiger partial charge in [0.1, 0.15) is 4.90 Å². The fraction of sp³-hybridized carbons (Fsp3) is 0.667. The van der Waals surface area contributed by atoms with E-state index in [1.54, 1.807) is 12.3 Å². The molecule has 1 heterocycles. The lowest BCUT2D eigenvalue weighted by atomic mass is 9.70. The Labute approximate surface area is 135 Å². The number of pyridine rings is 1. The first-order valence-electron chi connectivity index (χ1n) is 7.33. The third-order valence-corrected chi connectivity index (χ3v) is 6.07. The lowest BCUT2D eigenvalue weighted by Gasteiger charge is -2.40. The highest BCUT2D eigenvalue weighted by molar-refractivity contribution is 9.10. The monoisotopic (exact) mass is 374 g/mol. The molecular weight excluding hydrogens is 352 g/mol. The van der Waals surface area contributed by atoms with Crippen LogP contribution in [0, 0.1) is 11.3 Å². The number of nitrogens with one attached hydrogen (secondary N) is 1. The molecule has 0 aliphatic heterocycles. The lowest BCUT2D eigenvalue weighted by Crippen LogP contribution is -2.46. The number of rotatable bonds is 3. The summed E-state index contributed by atoms with van der Waals surface area (Å²) in [6.45, 7) is 6.56. The largest absolute Gasteiger partial charge is 0.262 e. The second kappa shape index (κ2) is 6.34. The van der Waals surface area contributed by atoms with Crippen molar-refractivity contribution in [3.05, 3.63) is 22.9 Å². The highest BCUT2D eigenvalue weighted by Crippen LogP contribution is 2.38. The zero-order chi connectivity index (χ0) is 15.7. The van der Waals surface area contributed by atoms with E-state index in [0.717, 1.165) is 19.3 Å². The summed E-state index contributed by atoms with van der Waals surface area (Å²) in [7, 11) is -3.52. The number of nitrogens with zero attached hydrogens (tertiary/aromatic N) is 1. The molecule has 0 amide bonds. The van der Waals surface area contributed by atoms with Gasteiger partial charge in [-0.2, -0.15) is 0 Å². The standard InChI is InChI=1S/C15H23BrN2O2S/c1-15(2,3)13-6-4-5-7-14(13)18-21(19,20)12-8-11(16)9-17-10-12/h8-10,13-14,18H,4-7H2,1-3H3. The molecule has 2 atom stereocenters. The number of hydrogen-bond donors (Lipinski definition) is 1. The molecule has 1 aliphatic rings. The second-order valence-electron chi connectivity index (χ2n) is 6.82. The van der Waals surface area contributed by atoms with Crippen LogP contribution in [0.25, 0.3) is 0 Å². The summed E-state index contributed by atoms with van der Waals surface area (Å²) in [5.41, 5.74) is 0.100. The molecular formula is C15H23BrN2O2S. The summed E-state index contributed by atoms with van der Waals surface area (Å²) in [6, 6.07) is 1.59. The van der Waals surface area contributed by atoms with Crippen LogP contribution in [0.5, 0.6) is 0 Å². The van der Waals surface area contributed by atoms with Crippen molar-refractivity contribution in [1.29, 1.82) is 0 Å². The lowest BCUT2D eigenvalue weighted by molar-refractivity contribution is 0.144. The van der Waals surface area contributed by atoms with Gasteiger partial charge >= 0.3 is 0 Å². The van der Waals surface area contributed by atoms with Crippen LogP contribution in [0.1, 0.15) is 46.5 Å². The van der Waals surface area contributed by atoms with E-state index in [-0.39, 0.29) is 16.4 Å². The first kappa shape index (κ1) is 16.9. The van der Waals surface area contributed by atoms with Crippen molar-refractivity contribution in [3.8, 4) is 0 Å². The highest BCUT2D eigenvalue weighted by atomic mass is 79.9. The number of halogens is 1. The molecule has 1 aliphatic carbocycles. The Bertz CT molecular complexity index is 596. The molecule has 2 unspecified atom stereocenters. The molecule has 2 rings (SSSR count). The van der Waals surface area contributed by atoms with Crippen molar-refractivity contribution in [2.75, 3.05) is 0 Å². The van der Waals surface area contributed by atoms with Gasteiger partial charge in [0.05, 0.1) is 0 Å². The second-order valence-corrected chi connectivity index (χ2v) is 9.45. The quantitative estimate of drug-likeness (QED) is 0.876. The van der Waals surface area contributed by atoms with Crippen LogP contribution in [0.2, 0.25) is 0 Å². The third kappa shape index (κ3) is 4.27. The Morgan fingerprint density at radius 3 is 2.52 bits per heavy atom. The molecule has 1 aromatic rings. The van der Waals surface area contributed by atoms with Crippen LogP contribution < -0.4 is 4.72 Å². The van der Waals surface area contributed by atoms with E-state index in [0.29, 0.717) is 10.4 Å². The zero-order valence-electron chi connectivity index (χ0n) is 12.8. The predicted octanol–water partition coefficient (Wildman–Crippen LogP) is 3.73. The van der Waals surface area contributed by atoms with E-state index >= 15 is 0 Å². The maximum Gasteiger partial charge on any atom is 0.242 e. The maximum absolute atomic E-state index is 12.6. The van der Waals surface area contributed by atoms with E-state index in [9.17, 15) is 8.42 Å². The average Bonchev–Trinajstić information content (AvgIpc) is 2.37. The average molecular weight is 375 g/mol. The first-order valence-corrected chi connectivity index (χ1v) is 9.61. The number of hydrogen-bond acceptors (Lipinski definition) is 3. The molecule has 0 spiro atoms. The van der Waals surface area contributed by atoms with Crippen LogP contribution in [-0.4, -0.2) is 19.4 Å². The van der Waals surface area contributed by atoms with Gasteiger partial charge in [0, 0.05) is 22.9 Å². The minimum absolute atomic E-state index is 0.00253. The van der Waals surface area contributed by atoms with Crippen molar-refractivity contribution in [2.45, 2.75) is 57.4 Å². The van der Waals surface area contributed by atoms with Crippen LogP contribution in [0.15, 0.2) is 27.8 Å². The normalized spacial score (nSPS) is 24.0. The summed E-state index contributed by atoms with van der Waals surface area (Å²) in [6.07, 6.45) is 7.21. The fourth-order valence-electron chi connectivity index (χ4n) is 3.12. The fourth-order valence-corrected chi connectivity index (χ4v) is 4.93. The molecule has 1 fully saturated rings. The van der Waals surface area contributed by atoms with Crippen LogP contribution in [0.4, 0.5) is 0 Å². The molecule has 6 heteroatoms. The molecule has 1 saturated carbocycles. The minimum atomic E-state index is -3.52. The van der Waals surface area contributed by atoms with E-state index in [1.807, 2.05) is 0 Å². The summed E-state index contributed by atoms with van der Waals surface area (Å²) >= 11 is 3.27. The van der Waals surface area contributed by atoms with Gasteiger partial charge in [-0.3, -0.25) is 4.98 Å². The Hall–Kier alpha value is -0.460. The Morgan fingerprint density at radius 2 is 1.90 bits per heavy atom. The smallest absolute Gasteiger partial charge is 0.242 e. The molecule has 0 aromatic carbocycles. The van der Waals surface area contributed by atoms with E-state index < -0.39 is 10.0 Å². The zero-order valence-corrected chi connectivity index (χ0v) is 15.2. The van der Waals surface area contributed by atoms with Gasteiger partial charge in [0.15, 0.2) is 0 Å². The molecule has 0 radical (unpaired) electrons. The predicted molar refractivity (Wildman–Crippen MR) is 87.5 cm³/mol. The van der Waals surface area contributed by atoms with E-state index in [2.05, 4.69) is 46.4 Å². The summed E-state index contributed by atoms with van der Waals surface area (Å²) in [5.74, 6) is 0.362. The van der Waals surface area contributed by atoms with Crippen molar-refractivity contribution in [1.82, 2.24) is 9.71 Å². The van der Waals surface area contributed by atoms with Gasteiger partial charge < -0.3 is 0 Å². The summed E-state index contributed by atoms with van der Waals surface area (Å²) < 4.78 is 28.7. The number of sulfonamides is 1. The van der Waals surface area contributed by atoms with Gasteiger partial charge in [0.25, 0.3) is 0 Å². The van der Waals surface area contributed by atoms with Gasteiger partial charge in [-0.05, 0) is 46.2 Å². The van der Waals surface area contributed by atoms with E-state index in [4.69, 9.17) is 0 Å². The van der Waals surface area contributed by atoms with Crippen LogP contribution in [0.3, 0.4) is 0 Å². The van der Waals surface area contributed by atoms with Crippen molar-refractivity contribution in [3.63, 3.8) is 0 Å². The van der Waals surface area contributed by atoms with Gasteiger partial charge in [-0.15, -0.1) is 0 Å². The first-order chi connectivity index (χ1) is 9.70. The minimum Gasteiger partial charge on any atom is -0.262 e. The SMILES string of the molecule is CC(C)(C)C1CCCCC1NS(=O)(=O)c1cncc(Br)c1. The molecule has 0 saturated heterocycles. The van der Waals surface area contributed by atoms with Gasteiger partial charge in [-0.1, -0.05) is 33.6 Å².